The van der Waals surface area contributed by atoms with Crippen molar-refractivity contribution in [2.45, 2.75) is 0 Å². The molecule has 2 aromatic heterocycles. The molecule has 0 unspecified atom stereocenters. The van der Waals surface area contributed by atoms with E-state index in [2.05, 4.69) is 126 Å². The van der Waals surface area contributed by atoms with Gasteiger partial charge in [0.05, 0.1) is 16.7 Å². The Morgan fingerprint density at radius 1 is 0.509 bits per heavy atom. The van der Waals surface area contributed by atoms with E-state index < -0.39 is 0 Å². The molecule has 0 amide bonds. The summed E-state index contributed by atoms with van der Waals surface area (Å²) in [4.78, 5) is 4.80. The van der Waals surface area contributed by atoms with Crippen molar-refractivity contribution >= 4 is 98.5 Å². The Morgan fingerprint density at radius 3 is 1.92 bits per heavy atom. The lowest BCUT2D eigenvalue weighted by molar-refractivity contribution is 0.669. The highest BCUT2D eigenvalue weighted by Crippen LogP contribution is 2.42. The molecule has 0 spiro atoms. The predicted octanol–water partition coefficient (Wildman–Crippen LogP) is 12.0. The zero-order valence-corrected chi connectivity index (χ0v) is 28.5. The number of nitrogens with zero attached hydrogens (tertiary/aromatic N) is 2. The molecule has 2 heterocycles. The van der Waals surface area contributed by atoms with Crippen LogP contribution in [-0.4, -0.2) is 16.2 Å². The van der Waals surface area contributed by atoms with E-state index in [1.54, 1.807) is 0 Å². The molecule has 248 valence electrons. The van der Waals surface area contributed by atoms with Crippen LogP contribution in [0.25, 0.3) is 92.5 Å². The molecule has 9 aromatic carbocycles. The van der Waals surface area contributed by atoms with Crippen LogP contribution in [-0.2, 0) is 0 Å². The first-order valence-corrected chi connectivity index (χ1v) is 17.7. The number of aromatic nitrogens is 1. The van der Waals surface area contributed by atoms with Crippen LogP contribution in [0, 0.1) is 5.41 Å². The molecule has 0 saturated carbocycles. The second kappa shape index (κ2) is 11.1. The first-order chi connectivity index (χ1) is 26.1. The third-order valence-corrected chi connectivity index (χ3v) is 10.8. The van der Waals surface area contributed by atoms with Crippen LogP contribution in [0.2, 0.25) is 0 Å². The average molecular weight is 679 g/mol. The molecule has 0 atom stereocenters. The molecule has 11 aromatic rings. The molecular weight excluding hydrogens is 649 g/mol. The summed E-state index contributed by atoms with van der Waals surface area (Å²) in [5.41, 5.74) is 12.5. The Bertz CT molecular complexity index is 3380. The molecule has 0 fully saturated rings. The van der Waals surface area contributed by atoms with E-state index in [0.717, 1.165) is 87.1 Å². The highest BCUT2D eigenvalue weighted by Gasteiger charge is 2.23. The fraction of sp³-hybridized carbons (Fsp3) is 0. The number of rotatable bonds is 3. The molecule has 0 saturated heterocycles. The van der Waals surface area contributed by atoms with Gasteiger partial charge in [0.1, 0.15) is 17.0 Å². The molecule has 3 N–H and O–H groups in total. The van der Waals surface area contributed by atoms with Crippen LogP contribution in [0.15, 0.2) is 173 Å². The molecule has 0 aliphatic heterocycles. The van der Waals surface area contributed by atoms with Crippen molar-refractivity contribution in [1.82, 2.24) is 4.57 Å². The van der Waals surface area contributed by atoms with Gasteiger partial charge in [-0.15, -0.1) is 0 Å². The standard InChI is InChI=1S/C48H30N4O/c49-47(34-18-17-28-9-1-2-12-31(28)23-34)51-48(50)39-27-44-40(45-35-15-7-5-10-29(35)20-22-43(45)53-44)26-42(39)52-41-25-33-14-4-3-13-32(33)24-38(41)37-21-19-30-11-6-8-16-36(30)46(37)52/h1-27H,(H3,49,50,51). The summed E-state index contributed by atoms with van der Waals surface area (Å²) in [5, 5.41) is 23.0. The zero-order chi connectivity index (χ0) is 35.2. The Labute approximate surface area is 303 Å². The molecule has 0 radical (unpaired) electrons. The molecule has 0 aliphatic rings. The van der Waals surface area contributed by atoms with E-state index in [1.165, 1.54) is 5.39 Å². The van der Waals surface area contributed by atoms with Crippen LogP contribution >= 0.6 is 0 Å². The van der Waals surface area contributed by atoms with Crippen molar-refractivity contribution in [3.63, 3.8) is 0 Å². The van der Waals surface area contributed by atoms with Crippen LogP contribution in [0.3, 0.4) is 0 Å². The van der Waals surface area contributed by atoms with Gasteiger partial charge in [0.15, 0.2) is 5.84 Å². The third-order valence-electron chi connectivity index (χ3n) is 10.8. The highest BCUT2D eigenvalue weighted by molar-refractivity contribution is 6.24. The number of hydrogen-bond donors (Lipinski definition) is 2. The lowest BCUT2D eigenvalue weighted by Gasteiger charge is -2.15. The minimum Gasteiger partial charge on any atom is -0.456 e. The first-order valence-electron chi connectivity index (χ1n) is 17.7. The molecule has 53 heavy (non-hydrogen) atoms. The number of amidine groups is 2. The maximum absolute atomic E-state index is 9.64. The fourth-order valence-electron chi connectivity index (χ4n) is 8.26. The largest absolute Gasteiger partial charge is 0.456 e. The summed E-state index contributed by atoms with van der Waals surface area (Å²) < 4.78 is 8.91. The topological polar surface area (TPSA) is 80.3 Å². The first kappa shape index (κ1) is 29.5. The van der Waals surface area contributed by atoms with Gasteiger partial charge >= 0.3 is 0 Å². The van der Waals surface area contributed by atoms with Crippen LogP contribution < -0.4 is 5.73 Å². The molecule has 11 rings (SSSR count). The van der Waals surface area contributed by atoms with Crippen LogP contribution in [0.1, 0.15) is 11.1 Å². The predicted molar refractivity (Wildman–Crippen MR) is 222 cm³/mol. The van der Waals surface area contributed by atoms with E-state index >= 15 is 0 Å². The molecule has 0 bridgehead atoms. The van der Waals surface area contributed by atoms with E-state index in [0.29, 0.717) is 11.1 Å². The minimum absolute atomic E-state index is 0.0499. The Morgan fingerprint density at radius 2 is 1.13 bits per heavy atom. The van der Waals surface area contributed by atoms with E-state index in [4.69, 9.17) is 15.1 Å². The second-order valence-electron chi connectivity index (χ2n) is 13.8. The average Bonchev–Trinajstić information content (AvgIpc) is 3.74. The second-order valence-corrected chi connectivity index (χ2v) is 13.8. The van der Waals surface area contributed by atoms with Gasteiger partial charge in [0.2, 0.25) is 0 Å². The number of aliphatic imine (C=N–C) groups is 1. The SMILES string of the molecule is N=C(N=C(N)c1ccc2ccccc2c1)c1cc2oc3ccc4ccccc4c3c2cc1-n1c2cc3ccccc3cc2c2ccc3ccccc3c21. The van der Waals surface area contributed by atoms with Crippen molar-refractivity contribution in [3.8, 4) is 5.69 Å². The Kier molecular flexibility index (Phi) is 6.19. The lowest BCUT2D eigenvalue weighted by atomic mass is 10.0. The number of fused-ring (bicyclic) bond motifs is 12. The number of hydrogen-bond acceptors (Lipinski definition) is 2. The number of nitrogens with two attached hydrogens (primary N) is 1. The summed E-state index contributed by atoms with van der Waals surface area (Å²) in [5.74, 6) is 0.329. The van der Waals surface area contributed by atoms with E-state index in [-0.39, 0.29) is 11.7 Å². The Balaban J connectivity index is 1.26. The molecule has 0 aliphatic carbocycles. The van der Waals surface area contributed by atoms with Crippen molar-refractivity contribution in [2.75, 3.05) is 0 Å². The lowest BCUT2D eigenvalue weighted by Crippen LogP contribution is -2.16. The van der Waals surface area contributed by atoms with Gasteiger partial charge in [-0.05, 0) is 74.1 Å². The normalized spacial score (nSPS) is 12.4. The quantitative estimate of drug-likeness (QED) is 0.144. The summed E-state index contributed by atoms with van der Waals surface area (Å²) >= 11 is 0. The van der Waals surface area contributed by atoms with Crippen LogP contribution in [0.5, 0.6) is 0 Å². The number of furan rings is 1. The van der Waals surface area contributed by atoms with E-state index in [1.807, 2.05) is 42.5 Å². The highest BCUT2D eigenvalue weighted by atomic mass is 16.3. The van der Waals surface area contributed by atoms with Gasteiger partial charge in [-0.25, -0.2) is 4.99 Å². The zero-order valence-electron chi connectivity index (χ0n) is 28.5. The number of benzene rings is 9. The van der Waals surface area contributed by atoms with E-state index in [9.17, 15) is 5.41 Å². The smallest absolute Gasteiger partial charge is 0.156 e. The Hall–Kier alpha value is -7.24. The third kappa shape index (κ3) is 4.44. The van der Waals surface area contributed by atoms with Gasteiger partial charge in [-0.3, -0.25) is 5.41 Å². The summed E-state index contributed by atoms with van der Waals surface area (Å²) in [7, 11) is 0. The van der Waals surface area contributed by atoms with Gasteiger partial charge in [-0.1, -0.05) is 127 Å². The monoisotopic (exact) mass is 678 g/mol. The maximum Gasteiger partial charge on any atom is 0.156 e. The molecular formula is C48H30N4O. The van der Waals surface area contributed by atoms with Crippen molar-refractivity contribution in [1.29, 1.82) is 5.41 Å². The van der Waals surface area contributed by atoms with Crippen LogP contribution in [0.4, 0.5) is 0 Å². The number of nitrogens with one attached hydrogen (secondary N) is 1. The summed E-state index contributed by atoms with van der Waals surface area (Å²) in [6, 6.07) is 56.9. The summed E-state index contributed by atoms with van der Waals surface area (Å²) in [6.07, 6.45) is 0. The van der Waals surface area contributed by atoms with Crippen molar-refractivity contribution < 1.29 is 4.42 Å². The summed E-state index contributed by atoms with van der Waals surface area (Å²) in [6.45, 7) is 0. The fourth-order valence-corrected chi connectivity index (χ4v) is 8.26. The molecule has 5 nitrogen and oxygen atoms in total. The van der Waals surface area contributed by atoms with Crippen molar-refractivity contribution in [2.24, 2.45) is 10.7 Å². The molecule has 5 heteroatoms. The minimum atomic E-state index is 0.0499. The van der Waals surface area contributed by atoms with Crippen molar-refractivity contribution in [3.05, 3.63) is 175 Å². The van der Waals surface area contributed by atoms with Gasteiger partial charge in [0.25, 0.3) is 0 Å². The van der Waals surface area contributed by atoms with Gasteiger partial charge in [0, 0.05) is 38.1 Å². The van der Waals surface area contributed by atoms with Gasteiger partial charge < -0.3 is 14.7 Å². The van der Waals surface area contributed by atoms with Gasteiger partial charge in [-0.2, -0.15) is 0 Å². The maximum atomic E-state index is 9.64.